The first-order chi connectivity index (χ1) is 8.29. The molecule has 2 aromatic heterocycles. The summed E-state index contributed by atoms with van der Waals surface area (Å²) in [4.78, 5) is 1.49. The highest BCUT2D eigenvalue weighted by Crippen LogP contribution is 2.33. The van der Waals surface area contributed by atoms with Crippen LogP contribution in [0.4, 0.5) is 0 Å². The number of benzene rings is 1. The van der Waals surface area contributed by atoms with E-state index in [2.05, 4.69) is 27.7 Å². The Hall–Kier alpha value is -1.72. The summed E-state index contributed by atoms with van der Waals surface area (Å²) in [5, 5.41) is 21.0. The van der Waals surface area contributed by atoms with Gasteiger partial charge in [0.15, 0.2) is 0 Å². The molecular weight excluding hydrogens is 234 g/mol. The summed E-state index contributed by atoms with van der Waals surface area (Å²) in [6.45, 7) is -0.0899. The molecule has 1 aromatic carbocycles. The van der Waals surface area contributed by atoms with Gasteiger partial charge in [-0.2, -0.15) is 15.0 Å². The third kappa shape index (κ3) is 1.64. The van der Waals surface area contributed by atoms with Crippen LogP contribution < -0.4 is 0 Å². The van der Waals surface area contributed by atoms with Gasteiger partial charge in [0, 0.05) is 28.1 Å². The van der Waals surface area contributed by atoms with Crippen LogP contribution >= 0.6 is 11.3 Å². The van der Waals surface area contributed by atoms with E-state index in [1.54, 1.807) is 18.4 Å². The summed E-state index contributed by atoms with van der Waals surface area (Å²) < 4.78 is 1.22. The number of aliphatic hydroxyl groups is 1. The Bertz CT molecular complexity index is 671. The predicted octanol–water partition coefficient (Wildman–Crippen LogP) is 2.19. The highest BCUT2D eigenvalue weighted by molar-refractivity contribution is 7.17. The van der Waals surface area contributed by atoms with Crippen molar-refractivity contribution in [3.63, 3.8) is 0 Å². The second-order valence-electron chi connectivity index (χ2n) is 3.79. The van der Waals surface area contributed by atoms with E-state index < -0.39 is 0 Å². The molecule has 5 heteroatoms. The van der Waals surface area contributed by atoms with Crippen LogP contribution in [0.5, 0.6) is 0 Å². The van der Waals surface area contributed by atoms with Crippen LogP contribution in [0.1, 0.15) is 5.69 Å². The predicted molar refractivity (Wildman–Crippen MR) is 67.7 cm³/mol. The molecule has 86 valence electrons. The number of rotatable bonds is 2. The third-order valence-corrected chi connectivity index (χ3v) is 3.63. The molecule has 3 aromatic rings. The van der Waals surface area contributed by atoms with Crippen LogP contribution in [0.25, 0.3) is 21.3 Å². The van der Waals surface area contributed by atoms with Crippen molar-refractivity contribution in [3.05, 3.63) is 35.3 Å². The molecule has 2 heterocycles. The van der Waals surface area contributed by atoms with Crippen molar-refractivity contribution in [1.82, 2.24) is 15.0 Å². The Kier molecular flexibility index (Phi) is 2.42. The maximum Gasteiger partial charge on any atom is 0.120 e. The Labute approximate surface area is 102 Å². The van der Waals surface area contributed by atoms with Crippen LogP contribution in [0, 0.1) is 0 Å². The van der Waals surface area contributed by atoms with E-state index in [1.165, 1.54) is 9.50 Å². The topological polar surface area (TPSA) is 50.9 Å². The molecule has 0 atom stereocenters. The van der Waals surface area contributed by atoms with Crippen molar-refractivity contribution in [2.45, 2.75) is 6.61 Å². The lowest BCUT2D eigenvalue weighted by Gasteiger charge is -1.96. The van der Waals surface area contributed by atoms with Gasteiger partial charge in [-0.15, -0.1) is 11.3 Å². The van der Waals surface area contributed by atoms with E-state index in [9.17, 15) is 5.11 Å². The van der Waals surface area contributed by atoms with E-state index in [0.29, 0.717) is 5.69 Å². The summed E-state index contributed by atoms with van der Waals surface area (Å²) in [5.41, 5.74) is 2.44. The Morgan fingerprint density at radius 2 is 2.12 bits per heavy atom. The van der Waals surface area contributed by atoms with Gasteiger partial charge < -0.3 is 5.11 Å². The van der Waals surface area contributed by atoms with Gasteiger partial charge >= 0.3 is 0 Å². The molecule has 0 aliphatic rings. The normalized spacial score (nSPS) is 11.2. The average Bonchev–Trinajstić information content (AvgIpc) is 2.91. The second kappa shape index (κ2) is 3.94. The van der Waals surface area contributed by atoms with Crippen LogP contribution in [0.2, 0.25) is 0 Å². The van der Waals surface area contributed by atoms with E-state index in [-0.39, 0.29) is 6.61 Å². The fourth-order valence-corrected chi connectivity index (χ4v) is 2.87. The molecule has 0 saturated carbocycles. The van der Waals surface area contributed by atoms with Crippen molar-refractivity contribution in [2.24, 2.45) is 7.05 Å². The number of fused-ring (bicyclic) bond motifs is 1. The van der Waals surface area contributed by atoms with Gasteiger partial charge in [0.2, 0.25) is 0 Å². The summed E-state index contributed by atoms with van der Waals surface area (Å²) in [5.74, 6) is 0. The minimum atomic E-state index is -0.0899. The van der Waals surface area contributed by atoms with Crippen LogP contribution in [-0.4, -0.2) is 20.1 Å². The number of hydrogen-bond donors (Lipinski definition) is 1. The Balaban J connectivity index is 2.26. The van der Waals surface area contributed by atoms with Crippen LogP contribution in [-0.2, 0) is 13.7 Å². The lowest BCUT2D eigenvalue weighted by molar-refractivity contribution is 0.276. The molecule has 4 nitrogen and oxygen atoms in total. The fourth-order valence-electron chi connectivity index (χ4n) is 1.92. The van der Waals surface area contributed by atoms with Gasteiger partial charge in [-0.1, -0.05) is 18.2 Å². The minimum absolute atomic E-state index is 0.0899. The molecule has 17 heavy (non-hydrogen) atoms. The zero-order valence-corrected chi connectivity index (χ0v) is 10.1. The quantitative estimate of drug-likeness (QED) is 0.753. The van der Waals surface area contributed by atoms with Gasteiger partial charge in [0.25, 0.3) is 0 Å². The lowest BCUT2D eigenvalue weighted by Crippen LogP contribution is -1.92. The van der Waals surface area contributed by atoms with Gasteiger partial charge in [0.1, 0.15) is 11.4 Å². The molecule has 0 bridgehead atoms. The van der Waals surface area contributed by atoms with E-state index in [4.69, 9.17) is 0 Å². The van der Waals surface area contributed by atoms with Crippen molar-refractivity contribution >= 4 is 21.4 Å². The Morgan fingerprint density at radius 3 is 2.94 bits per heavy atom. The Morgan fingerprint density at radius 1 is 1.29 bits per heavy atom. The lowest BCUT2D eigenvalue weighted by atomic mass is 10.1. The molecule has 3 rings (SSSR count). The summed E-state index contributed by atoms with van der Waals surface area (Å²) >= 11 is 1.68. The first-order valence-corrected chi connectivity index (χ1v) is 6.15. The van der Waals surface area contributed by atoms with Crippen LogP contribution in [0.3, 0.4) is 0 Å². The van der Waals surface area contributed by atoms with Gasteiger partial charge in [-0.25, -0.2) is 0 Å². The van der Waals surface area contributed by atoms with E-state index >= 15 is 0 Å². The molecule has 0 unspecified atom stereocenters. The maximum absolute atomic E-state index is 9.29. The van der Waals surface area contributed by atoms with Gasteiger partial charge in [-0.05, 0) is 6.07 Å². The standard InChI is InChI=1S/C12H11N3OS/c1-15-13-10(6-16)12(14-15)9-7-17-11-5-3-2-4-8(9)11/h2-5,7,16H,6H2,1H3. The molecule has 0 radical (unpaired) electrons. The molecule has 0 saturated heterocycles. The van der Waals surface area contributed by atoms with Crippen molar-refractivity contribution in [1.29, 1.82) is 0 Å². The number of aryl methyl sites for hydroxylation is 1. The first-order valence-electron chi connectivity index (χ1n) is 5.27. The second-order valence-corrected chi connectivity index (χ2v) is 4.70. The van der Waals surface area contributed by atoms with E-state index in [1.807, 2.05) is 12.1 Å². The number of nitrogens with zero attached hydrogens (tertiary/aromatic N) is 3. The largest absolute Gasteiger partial charge is 0.390 e. The van der Waals surface area contributed by atoms with Gasteiger partial charge in [-0.3, -0.25) is 0 Å². The molecule has 0 aliphatic heterocycles. The summed E-state index contributed by atoms with van der Waals surface area (Å²) in [6.07, 6.45) is 0. The van der Waals surface area contributed by atoms with Crippen LogP contribution in [0.15, 0.2) is 29.6 Å². The number of aliphatic hydroxyl groups excluding tert-OH is 1. The van der Waals surface area contributed by atoms with Crippen molar-refractivity contribution in [3.8, 4) is 11.3 Å². The monoisotopic (exact) mass is 245 g/mol. The highest BCUT2D eigenvalue weighted by atomic mass is 32.1. The maximum atomic E-state index is 9.29. The zero-order chi connectivity index (χ0) is 11.8. The number of aromatic nitrogens is 3. The average molecular weight is 245 g/mol. The summed E-state index contributed by atoms with van der Waals surface area (Å²) in [7, 11) is 1.76. The van der Waals surface area contributed by atoms with E-state index in [0.717, 1.165) is 16.6 Å². The molecule has 0 spiro atoms. The zero-order valence-electron chi connectivity index (χ0n) is 9.29. The molecule has 0 amide bonds. The smallest absolute Gasteiger partial charge is 0.120 e. The molecule has 0 aliphatic carbocycles. The van der Waals surface area contributed by atoms with Crippen molar-refractivity contribution in [2.75, 3.05) is 0 Å². The first kappa shape index (κ1) is 10.4. The SMILES string of the molecule is Cn1nc(CO)c(-c2csc3ccccc23)n1. The third-order valence-electron chi connectivity index (χ3n) is 2.67. The van der Waals surface area contributed by atoms with Gasteiger partial charge in [0.05, 0.1) is 6.61 Å². The molecule has 0 fully saturated rings. The highest BCUT2D eigenvalue weighted by Gasteiger charge is 2.14. The molecular formula is C12H11N3OS. The fraction of sp³-hybridized carbons (Fsp3) is 0.167. The number of hydrogen-bond acceptors (Lipinski definition) is 4. The summed E-state index contributed by atoms with van der Waals surface area (Å²) in [6, 6.07) is 8.18. The minimum Gasteiger partial charge on any atom is -0.390 e. The molecule has 1 N–H and O–H groups in total. The number of thiophene rings is 1. The van der Waals surface area contributed by atoms with Crippen molar-refractivity contribution < 1.29 is 5.11 Å².